The van der Waals surface area contributed by atoms with Gasteiger partial charge < -0.3 is 9.84 Å². The third-order valence-electron chi connectivity index (χ3n) is 4.52. The topological polar surface area (TPSA) is 46.5 Å². The van der Waals surface area contributed by atoms with Crippen LogP contribution in [0.15, 0.2) is 66.7 Å². The molecule has 3 aromatic carbocycles. The molecule has 0 spiro atoms. The third-order valence-corrected chi connectivity index (χ3v) is 4.52. The van der Waals surface area contributed by atoms with E-state index < -0.39 is 12.1 Å². The minimum Gasteiger partial charge on any atom is -0.478 e. The minimum absolute atomic E-state index is 0.126. The van der Waals surface area contributed by atoms with Crippen molar-refractivity contribution in [2.75, 3.05) is 0 Å². The fourth-order valence-electron chi connectivity index (χ4n) is 3.19. The van der Waals surface area contributed by atoms with Gasteiger partial charge in [0.1, 0.15) is 5.75 Å². The van der Waals surface area contributed by atoms with Crippen molar-refractivity contribution in [1.82, 2.24) is 0 Å². The molecule has 3 aromatic rings. The van der Waals surface area contributed by atoms with Crippen LogP contribution < -0.4 is 4.74 Å². The highest BCUT2D eigenvalue weighted by Crippen LogP contribution is 2.32. The number of fused-ring (bicyclic) bond motifs is 1. The third kappa shape index (κ3) is 3.88. The Bertz CT molecular complexity index is 917. The van der Waals surface area contributed by atoms with Gasteiger partial charge in [-0.25, -0.2) is 4.79 Å². The number of carboxylic acid groups (broad SMARTS) is 1. The van der Waals surface area contributed by atoms with Crippen molar-refractivity contribution in [1.29, 1.82) is 0 Å². The Morgan fingerprint density at radius 2 is 1.62 bits per heavy atom. The van der Waals surface area contributed by atoms with Gasteiger partial charge in [-0.05, 0) is 33.4 Å². The molecule has 0 fully saturated rings. The van der Waals surface area contributed by atoms with E-state index in [9.17, 15) is 9.90 Å². The largest absolute Gasteiger partial charge is 0.478 e. The predicted octanol–water partition coefficient (Wildman–Crippen LogP) is 5.21. The highest BCUT2D eigenvalue weighted by atomic mass is 16.5. The molecule has 0 bridgehead atoms. The van der Waals surface area contributed by atoms with Crippen LogP contribution in [0.3, 0.4) is 0 Å². The molecule has 1 unspecified atom stereocenters. The van der Waals surface area contributed by atoms with Gasteiger partial charge >= 0.3 is 5.97 Å². The lowest BCUT2D eigenvalue weighted by molar-refractivity contribution is -0.145. The van der Waals surface area contributed by atoms with E-state index >= 15 is 0 Å². The molecule has 0 saturated heterocycles. The Labute approximate surface area is 154 Å². The molecule has 3 heteroatoms. The van der Waals surface area contributed by atoms with Crippen LogP contribution in [-0.2, 0) is 16.6 Å². The molecule has 0 aliphatic carbocycles. The second-order valence-corrected chi connectivity index (χ2v) is 7.53. The number of aliphatic carboxylic acids is 1. The first-order valence-electron chi connectivity index (χ1n) is 8.82. The Morgan fingerprint density at radius 1 is 0.962 bits per heavy atom. The van der Waals surface area contributed by atoms with Crippen molar-refractivity contribution in [3.05, 3.63) is 77.9 Å². The molecule has 26 heavy (non-hydrogen) atoms. The lowest BCUT2D eigenvalue weighted by Gasteiger charge is -2.25. The molecule has 0 amide bonds. The number of rotatable bonds is 5. The van der Waals surface area contributed by atoms with Crippen LogP contribution in [0.5, 0.6) is 5.75 Å². The fourth-order valence-corrected chi connectivity index (χ4v) is 3.19. The molecule has 0 radical (unpaired) electrons. The quantitative estimate of drug-likeness (QED) is 0.688. The summed E-state index contributed by atoms with van der Waals surface area (Å²) in [5, 5.41) is 11.9. The van der Waals surface area contributed by atoms with Gasteiger partial charge in [0.15, 0.2) is 6.10 Å². The van der Waals surface area contributed by atoms with Crippen molar-refractivity contribution < 1.29 is 14.6 Å². The monoisotopic (exact) mass is 348 g/mol. The molecule has 3 nitrogen and oxygen atoms in total. The molecule has 134 valence electrons. The van der Waals surface area contributed by atoms with Gasteiger partial charge in [-0.1, -0.05) is 81.4 Å². The van der Waals surface area contributed by atoms with Gasteiger partial charge in [0.05, 0.1) is 0 Å². The Hall–Kier alpha value is -2.81. The maximum absolute atomic E-state index is 11.9. The summed E-state index contributed by atoms with van der Waals surface area (Å²) in [6.45, 7) is 6.28. The maximum Gasteiger partial charge on any atom is 0.345 e. The summed E-state index contributed by atoms with van der Waals surface area (Å²) in [5.41, 5.74) is 1.85. The van der Waals surface area contributed by atoms with Gasteiger partial charge in [0.25, 0.3) is 0 Å². The van der Waals surface area contributed by atoms with Crippen molar-refractivity contribution >= 4 is 16.7 Å². The first-order valence-corrected chi connectivity index (χ1v) is 8.82. The number of benzene rings is 3. The normalized spacial score (nSPS) is 12.7. The first kappa shape index (κ1) is 18.0. The van der Waals surface area contributed by atoms with Crippen molar-refractivity contribution in [2.45, 2.75) is 38.7 Å². The van der Waals surface area contributed by atoms with Gasteiger partial charge in [0.2, 0.25) is 0 Å². The van der Waals surface area contributed by atoms with Gasteiger partial charge in [0, 0.05) is 6.42 Å². The highest BCUT2D eigenvalue weighted by Gasteiger charge is 2.25. The van der Waals surface area contributed by atoms with Crippen molar-refractivity contribution in [3.63, 3.8) is 0 Å². The van der Waals surface area contributed by atoms with E-state index in [2.05, 4.69) is 20.8 Å². The van der Waals surface area contributed by atoms with E-state index in [-0.39, 0.29) is 5.41 Å². The van der Waals surface area contributed by atoms with Crippen LogP contribution in [0, 0.1) is 0 Å². The van der Waals surface area contributed by atoms with E-state index in [1.807, 2.05) is 66.7 Å². The average molecular weight is 348 g/mol. The molecule has 0 aliphatic rings. The summed E-state index contributed by atoms with van der Waals surface area (Å²) in [7, 11) is 0. The number of carbonyl (C=O) groups is 1. The maximum atomic E-state index is 11.9. The summed E-state index contributed by atoms with van der Waals surface area (Å²) in [6, 6.07) is 21.6. The molecule has 3 rings (SSSR count). The first-order chi connectivity index (χ1) is 12.4. The van der Waals surface area contributed by atoms with Gasteiger partial charge in [-0.15, -0.1) is 0 Å². The molecule has 0 aromatic heterocycles. The zero-order valence-electron chi connectivity index (χ0n) is 15.4. The second-order valence-electron chi connectivity index (χ2n) is 7.53. The molecule has 1 N–H and O–H groups in total. The lowest BCUT2D eigenvalue weighted by Crippen LogP contribution is -2.30. The van der Waals surface area contributed by atoms with E-state index in [0.717, 1.165) is 21.9 Å². The zero-order valence-corrected chi connectivity index (χ0v) is 15.4. The number of para-hydroxylation sites is 1. The summed E-state index contributed by atoms with van der Waals surface area (Å²) < 4.78 is 5.99. The average Bonchev–Trinajstić information content (AvgIpc) is 2.61. The number of hydrogen-bond donors (Lipinski definition) is 1. The van der Waals surface area contributed by atoms with E-state index in [0.29, 0.717) is 12.2 Å². The van der Waals surface area contributed by atoms with Crippen molar-refractivity contribution in [3.8, 4) is 5.75 Å². The van der Waals surface area contributed by atoms with Crippen LogP contribution >= 0.6 is 0 Å². The van der Waals surface area contributed by atoms with Crippen LogP contribution in [0.25, 0.3) is 10.8 Å². The van der Waals surface area contributed by atoms with E-state index in [1.165, 1.54) is 0 Å². The smallest absolute Gasteiger partial charge is 0.345 e. The van der Waals surface area contributed by atoms with Crippen LogP contribution in [0.1, 0.15) is 31.9 Å². The summed E-state index contributed by atoms with van der Waals surface area (Å²) in [5.74, 6) is -0.325. The van der Waals surface area contributed by atoms with Gasteiger partial charge in [-0.2, -0.15) is 0 Å². The summed E-state index contributed by atoms with van der Waals surface area (Å²) in [4.78, 5) is 11.9. The molecular weight excluding hydrogens is 324 g/mol. The Morgan fingerprint density at radius 3 is 2.35 bits per heavy atom. The van der Waals surface area contributed by atoms with Crippen LogP contribution in [0.4, 0.5) is 0 Å². The Kier molecular flexibility index (Phi) is 4.99. The molecule has 0 aliphatic heterocycles. The van der Waals surface area contributed by atoms with E-state index in [4.69, 9.17) is 4.74 Å². The molecular formula is C23H24O3. The van der Waals surface area contributed by atoms with Crippen LogP contribution in [-0.4, -0.2) is 17.2 Å². The second kappa shape index (κ2) is 7.20. The molecule has 0 saturated carbocycles. The Balaban J connectivity index is 1.93. The van der Waals surface area contributed by atoms with E-state index in [1.54, 1.807) is 0 Å². The predicted molar refractivity (Wildman–Crippen MR) is 105 cm³/mol. The van der Waals surface area contributed by atoms with Crippen LogP contribution in [0.2, 0.25) is 0 Å². The number of hydrogen-bond acceptors (Lipinski definition) is 2. The summed E-state index contributed by atoms with van der Waals surface area (Å²) in [6.07, 6.45) is -0.626. The SMILES string of the molecule is CC(C)(C)c1ccccc1OC(Cc1cccc2ccccc12)C(=O)O. The fraction of sp³-hybridized carbons (Fsp3) is 0.261. The molecule has 0 heterocycles. The van der Waals surface area contributed by atoms with Gasteiger partial charge in [-0.3, -0.25) is 0 Å². The highest BCUT2D eigenvalue weighted by molar-refractivity contribution is 5.86. The standard InChI is InChI=1S/C23H24O3/c1-23(2,3)19-13-6-7-14-20(19)26-21(22(24)25)15-17-11-8-10-16-9-4-5-12-18(16)17/h4-14,21H,15H2,1-3H3,(H,24,25). The molecule has 1 atom stereocenters. The van der Waals surface area contributed by atoms with Crippen molar-refractivity contribution in [2.24, 2.45) is 0 Å². The zero-order chi connectivity index (χ0) is 18.7. The summed E-state index contributed by atoms with van der Waals surface area (Å²) >= 11 is 0. The lowest BCUT2D eigenvalue weighted by atomic mass is 9.86. The minimum atomic E-state index is -0.957. The number of carboxylic acids is 1. The number of ether oxygens (including phenoxy) is 1.